The summed E-state index contributed by atoms with van der Waals surface area (Å²) < 4.78 is 0. The second kappa shape index (κ2) is 8.08. The number of ketones is 1. The Kier molecular flexibility index (Phi) is 5.43. The van der Waals surface area contributed by atoms with Crippen molar-refractivity contribution in [3.05, 3.63) is 101 Å². The molecule has 0 saturated carbocycles. The van der Waals surface area contributed by atoms with Gasteiger partial charge in [0.25, 0.3) is 5.78 Å². The minimum atomic E-state index is -0.778. The summed E-state index contributed by atoms with van der Waals surface area (Å²) in [6.07, 6.45) is 1.58. The predicted molar refractivity (Wildman–Crippen MR) is 125 cm³/mol. The first-order valence-corrected chi connectivity index (χ1v) is 10.6. The number of aromatic nitrogens is 1. The molecule has 3 aromatic rings. The zero-order chi connectivity index (χ0) is 23.0. The topological polar surface area (TPSA) is 70.5 Å². The van der Waals surface area contributed by atoms with E-state index in [4.69, 9.17) is 0 Å². The monoisotopic (exact) mass is 426 g/mol. The summed E-state index contributed by atoms with van der Waals surface area (Å²) in [5.41, 5.74) is 3.42. The minimum absolute atomic E-state index is 0.0385. The van der Waals surface area contributed by atoms with E-state index in [9.17, 15) is 14.7 Å². The molecule has 1 amide bonds. The fraction of sp³-hybridized carbons (Fsp3) is 0.222. The highest BCUT2D eigenvalue weighted by molar-refractivity contribution is 6.51. The molecule has 2 aromatic carbocycles. The minimum Gasteiger partial charge on any atom is -0.507 e. The third kappa shape index (κ3) is 3.82. The number of hydrogen-bond acceptors (Lipinski definition) is 4. The number of carbonyl (C=O) groups is 2. The Bertz CT molecular complexity index is 1190. The summed E-state index contributed by atoms with van der Waals surface area (Å²) in [5.74, 6) is -1.25. The molecule has 1 saturated heterocycles. The van der Waals surface area contributed by atoms with Crippen LogP contribution in [0.1, 0.15) is 49.1 Å². The maximum Gasteiger partial charge on any atom is 0.301 e. The van der Waals surface area contributed by atoms with Crippen LogP contribution in [0.2, 0.25) is 0 Å². The van der Waals surface area contributed by atoms with Gasteiger partial charge in [-0.05, 0) is 35.6 Å². The van der Waals surface area contributed by atoms with Gasteiger partial charge in [-0.3, -0.25) is 14.5 Å². The molecular formula is C27H26N2O3. The summed E-state index contributed by atoms with van der Waals surface area (Å²) in [6, 6.07) is 19.5. The van der Waals surface area contributed by atoms with Crippen LogP contribution < -0.4 is 4.90 Å². The van der Waals surface area contributed by atoms with Crippen LogP contribution in [0.15, 0.2) is 78.5 Å². The normalized spacial score (nSPS) is 18.2. The summed E-state index contributed by atoms with van der Waals surface area (Å²) >= 11 is 0. The molecule has 1 aliphatic heterocycles. The number of rotatable bonds is 3. The number of benzene rings is 2. The van der Waals surface area contributed by atoms with E-state index in [1.54, 1.807) is 36.5 Å². The third-order valence-corrected chi connectivity index (χ3v) is 5.76. The van der Waals surface area contributed by atoms with E-state index in [2.05, 4.69) is 25.8 Å². The summed E-state index contributed by atoms with van der Waals surface area (Å²) in [4.78, 5) is 31.9. The van der Waals surface area contributed by atoms with E-state index in [0.29, 0.717) is 11.4 Å². The number of hydrogen-bond donors (Lipinski definition) is 1. The van der Waals surface area contributed by atoms with Crippen LogP contribution in [-0.4, -0.2) is 21.8 Å². The molecule has 1 N–H and O–H groups in total. The van der Waals surface area contributed by atoms with Crippen molar-refractivity contribution >= 4 is 23.3 Å². The molecule has 1 atom stereocenters. The van der Waals surface area contributed by atoms with Gasteiger partial charge in [-0.1, -0.05) is 80.9 Å². The highest BCUT2D eigenvalue weighted by Gasteiger charge is 2.47. The molecule has 5 heteroatoms. The molecule has 0 radical (unpaired) electrons. The maximum atomic E-state index is 13.1. The summed E-state index contributed by atoms with van der Waals surface area (Å²) in [6.45, 7) is 8.32. The molecule has 1 unspecified atom stereocenters. The maximum absolute atomic E-state index is 13.1. The molecule has 5 nitrogen and oxygen atoms in total. The molecule has 1 aliphatic rings. The Morgan fingerprint density at radius 3 is 2.16 bits per heavy atom. The lowest BCUT2D eigenvalue weighted by molar-refractivity contribution is -0.132. The largest absolute Gasteiger partial charge is 0.507 e. The first-order valence-electron chi connectivity index (χ1n) is 10.6. The quantitative estimate of drug-likeness (QED) is 0.350. The molecule has 0 bridgehead atoms. The van der Waals surface area contributed by atoms with Crippen LogP contribution in [0.4, 0.5) is 5.82 Å². The molecule has 1 fully saturated rings. The van der Waals surface area contributed by atoms with Crippen molar-refractivity contribution in [3.8, 4) is 0 Å². The van der Waals surface area contributed by atoms with Gasteiger partial charge in [0, 0.05) is 11.8 Å². The van der Waals surface area contributed by atoms with Crippen LogP contribution in [0.25, 0.3) is 5.76 Å². The van der Waals surface area contributed by atoms with E-state index in [-0.39, 0.29) is 16.7 Å². The molecule has 32 heavy (non-hydrogen) atoms. The lowest BCUT2D eigenvalue weighted by Gasteiger charge is -2.25. The number of pyridine rings is 1. The second-order valence-corrected chi connectivity index (χ2v) is 9.10. The summed E-state index contributed by atoms with van der Waals surface area (Å²) in [5, 5.41) is 11.1. The number of anilines is 1. The number of nitrogens with zero attached hydrogens (tertiary/aromatic N) is 2. The molecule has 4 rings (SSSR count). The lowest BCUT2D eigenvalue weighted by Crippen LogP contribution is -2.30. The van der Waals surface area contributed by atoms with Crippen LogP contribution in [0.5, 0.6) is 0 Å². The van der Waals surface area contributed by atoms with Gasteiger partial charge in [0.1, 0.15) is 11.6 Å². The molecule has 162 valence electrons. The van der Waals surface area contributed by atoms with Crippen molar-refractivity contribution in [1.29, 1.82) is 0 Å². The molecular weight excluding hydrogens is 400 g/mol. The van der Waals surface area contributed by atoms with Crippen LogP contribution in [0.3, 0.4) is 0 Å². The Morgan fingerprint density at radius 2 is 1.59 bits per heavy atom. The van der Waals surface area contributed by atoms with Gasteiger partial charge in [0.05, 0.1) is 11.6 Å². The fourth-order valence-electron chi connectivity index (χ4n) is 3.91. The molecule has 0 spiro atoms. The summed E-state index contributed by atoms with van der Waals surface area (Å²) in [7, 11) is 0. The van der Waals surface area contributed by atoms with Crippen LogP contribution in [-0.2, 0) is 15.0 Å². The lowest BCUT2D eigenvalue weighted by atomic mass is 9.85. The van der Waals surface area contributed by atoms with Gasteiger partial charge in [0.2, 0.25) is 0 Å². The van der Waals surface area contributed by atoms with E-state index < -0.39 is 17.7 Å². The van der Waals surface area contributed by atoms with Crippen molar-refractivity contribution < 1.29 is 14.7 Å². The van der Waals surface area contributed by atoms with E-state index in [0.717, 1.165) is 16.7 Å². The molecule has 1 aromatic heterocycles. The van der Waals surface area contributed by atoms with Crippen LogP contribution in [0, 0.1) is 6.92 Å². The van der Waals surface area contributed by atoms with Crippen molar-refractivity contribution in [3.63, 3.8) is 0 Å². The predicted octanol–water partition coefficient (Wildman–Crippen LogP) is 5.31. The van der Waals surface area contributed by atoms with E-state index in [1.807, 2.05) is 43.3 Å². The highest BCUT2D eigenvalue weighted by Crippen LogP contribution is 2.41. The van der Waals surface area contributed by atoms with Gasteiger partial charge in [-0.2, -0.15) is 0 Å². The van der Waals surface area contributed by atoms with Gasteiger partial charge in [-0.25, -0.2) is 4.98 Å². The van der Waals surface area contributed by atoms with Gasteiger partial charge in [-0.15, -0.1) is 0 Å². The van der Waals surface area contributed by atoms with Crippen molar-refractivity contribution in [2.75, 3.05) is 4.90 Å². The van der Waals surface area contributed by atoms with Gasteiger partial charge in [0.15, 0.2) is 0 Å². The van der Waals surface area contributed by atoms with Crippen LogP contribution >= 0.6 is 0 Å². The standard InChI is InChI=1S/C27H26N2O3/c1-17-8-10-19(11-9-17)24(30)22-23(18-12-14-20(15-13-18)27(2,3)4)29(26(32)25(22)31)21-7-5-6-16-28-21/h5-16,23,30H,1-4H3. The first kappa shape index (κ1) is 21.5. The van der Waals surface area contributed by atoms with Crippen molar-refractivity contribution in [1.82, 2.24) is 4.98 Å². The Morgan fingerprint density at radius 1 is 0.938 bits per heavy atom. The molecule has 0 aliphatic carbocycles. The fourth-order valence-corrected chi connectivity index (χ4v) is 3.91. The van der Waals surface area contributed by atoms with Gasteiger partial charge >= 0.3 is 5.91 Å². The van der Waals surface area contributed by atoms with Crippen molar-refractivity contribution in [2.45, 2.75) is 39.2 Å². The Labute approximate surface area is 188 Å². The number of aryl methyl sites for hydroxylation is 1. The number of carbonyl (C=O) groups excluding carboxylic acids is 2. The van der Waals surface area contributed by atoms with E-state index in [1.165, 1.54) is 4.90 Å². The number of amides is 1. The van der Waals surface area contributed by atoms with Gasteiger partial charge < -0.3 is 5.11 Å². The SMILES string of the molecule is Cc1ccc(C(O)=C2C(=O)C(=O)N(c3ccccn3)C2c2ccc(C(C)(C)C)cc2)cc1. The van der Waals surface area contributed by atoms with E-state index >= 15 is 0 Å². The number of aliphatic hydroxyl groups excluding tert-OH is 1. The zero-order valence-electron chi connectivity index (χ0n) is 18.7. The first-order chi connectivity index (χ1) is 15.2. The average molecular weight is 427 g/mol. The highest BCUT2D eigenvalue weighted by atomic mass is 16.3. The van der Waals surface area contributed by atoms with Crippen molar-refractivity contribution in [2.24, 2.45) is 0 Å². The zero-order valence-corrected chi connectivity index (χ0v) is 18.7. The second-order valence-electron chi connectivity index (χ2n) is 9.10. The molecule has 2 heterocycles. The third-order valence-electron chi connectivity index (χ3n) is 5.76. The number of Topliss-reactive ketones (excluding diaryl/α,β-unsaturated/α-hetero) is 1. The Balaban J connectivity index is 1.91. The Hall–Kier alpha value is -3.73. The average Bonchev–Trinajstić information content (AvgIpc) is 3.04. The smallest absolute Gasteiger partial charge is 0.301 e. The number of aliphatic hydroxyl groups is 1.